The Morgan fingerprint density at radius 3 is 2.86 bits per heavy atom. The van der Waals surface area contributed by atoms with Gasteiger partial charge in [-0.25, -0.2) is 4.79 Å². The monoisotopic (exact) mass is 301 g/mol. The number of aryl methyl sites for hydroxylation is 1. The van der Waals surface area contributed by atoms with Crippen LogP contribution in [-0.4, -0.2) is 12.6 Å². The number of carbonyl (C=O) groups is 1. The lowest BCUT2D eigenvalue weighted by molar-refractivity contribution is 0.262. The normalized spacial score (nSPS) is 13.0. The van der Waals surface area contributed by atoms with Gasteiger partial charge in [-0.2, -0.15) is 0 Å². The van der Waals surface area contributed by atoms with Crippen LogP contribution in [0.15, 0.2) is 42.5 Å². The first-order chi connectivity index (χ1) is 10.2. The van der Waals surface area contributed by atoms with Crippen LogP contribution in [0.3, 0.4) is 0 Å². The summed E-state index contributed by atoms with van der Waals surface area (Å²) in [7, 11) is 0. The highest BCUT2D eigenvalue weighted by Crippen LogP contribution is 2.25. The second kappa shape index (κ2) is 6.06. The molecule has 0 saturated heterocycles. The van der Waals surface area contributed by atoms with Gasteiger partial charge in [0.1, 0.15) is 0 Å². The van der Waals surface area contributed by atoms with Gasteiger partial charge in [0.25, 0.3) is 0 Å². The van der Waals surface area contributed by atoms with Crippen LogP contribution >= 0.6 is 11.6 Å². The smallest absolute Gasteiger partial charge is 0.323 e. The van der Waals surface area contributed by atoms with Gasteiger partial charge in [-0.1, -0.05) is 23.7 Å². The zero-order valence-electron chi connectivity index (χ0n) is 11.4. The lowest BCUT2D eigenvalue weighted by atomic mass is 10.0. The number of hydrogen-bond donors (Lipinski definition) is 3. The molecule has 0 fully saturated rings. The molecule has 5 heteroatoms. The fraction of sp³-hybridized carbons (Fsp3) is 0.188. The highest BCUT2D eigenvalue weighted by atomic mass is 35.5. The topological polar surface area (TPSA) is 53.2 Å². The van der Waals surface area contributed by atoms with E-state index in [1.54, 1.807) is 12.1 Å². The fourth-order valence-corrected chi connectivity index (χ4v) is 2.58. The minimum Gasteiger partial charge on any atom is -0.385 e. The predicted molar refractivity (Wildman–Crippen MR) is 87.3 cm³/mol. The molecule has 3 rings (SSSR count). The van der Waals surface area contributed by atoms with Crippen LogP contribution in [0.5, 0.6) is 0 Å². The van der Waals surface area contributed by atoms with Crippen molar-refractivity contribution in [2.24, 2.45) is 0 Å². The van der Waals surface area contributed by atoms with Gasteiger partial charge < -0.3 is 16.0 Å². The van der Waals surface area contributed by atoms with E-state index in [1.807, 2.05) is 30.3 Å². The zero-order valence-corrected chi connectivity index (χ0v) is 12.2. The molecule has 0 aliphatic carbocycles. The van der Waals surface area contributed by atoms with E-state index >= 15 is 0 Å². The molecular formula is C16H16ClN3O. The van der Waals surface area contributed by atoms with Gasteiger partial charge in [-0.3, -0.25) is 0 Å². The van der Waals surface area contributed by atoms with Gasteiger partial charge in [-0.05, 0) is 48.7 Å². The van der Waals surface area contributed by atoms with Crippen molar-refractivity contribution in [3.05, 3.63) is 53.1 Å². The van der Waals surface area contributed by atoms with Crippen LogP contribution < -0.4 is 16.0 Å². The van der Waals surface area contributed by atoms with Gasteiger partial charge in [0.05, 0.1) is 10.7 Å². The molecule has 2 aromatic rings. The molecule has 21 heavy (non-hydrogen) atoms. The Kier molecular flexibility index (Phi) is 3.97. The van der Waals surface area contributed by atoms with Crippen molar-refractivity contribution in [1.29, 1.82) is 0 Å². The lowest BCUT2D eigenvalue weighted by Crippen LogP contribution is -2.20. The molecule has 1 heterocycles. The number of hydrogen-bond acceptors (Lipinski definition) is 2. The Balaban J connectivity index is 1.69. The number of nitrogens with one attached hydrogen (secondary N) is 3. The van der Waals surface area contributed by atoms with Gasteiger partial charge in [0.2, 0.25) is 0 Å². The highest BCUT2D eigenvalue weighted by Gasteiger charge is 2.10. The number of benzene rings is 2. The predicted octanol–water partition coefficient (Wildman–Crippen LogP) is 4.34. The summed E-state index contributed by atoms with van der Waals surface area (Å²) in [6, 6.07) is 12.7. The number of carbonyl (C=O) groups excluding carboxylic acids is 1. The molecule has 1 aliphatic rings. The second-order valence-electron chi connectivity index (χ2n) is 4.96. The second-order valence-corrected chi connectivity index (χ2v) is 5.37. The van der Waals surface area contributed by atoms with Crippen molar-refractivity contribution in [3.63, 3.8) is 0 Å². The van der Waals surface area contributed by atoms with E-state index in [0.29, 0.717) is 10.7 Å². The van der Waals surface area contributed by atoms with Gasteiger partial charge in [0.15, 0.2) is 0 Å². The summed E-state index contributed by atoms with van der Waals surface area (Å²) >= 11 is 6.02. The van der Waals surface area contributed by atoms with Crippen molar-refractivity contribution in [1.82, 2.24) is 0 Å². The summed E-state index contributed by atoms with van der Waals surface area (Å²) in [5.41, 5.74) is 3.76. The first-order valence-corrected chi connectivity index (χ1v) is 7.29. The van der Waals surface area contributed by atoms with Crippen LogP contribution in [0, 0.1) is 0 Å². The largest absolute Gasteiger partial charge is 0.385 e. The van der Waals surface area contributed by atoms with E-state index in [-0.39, 0.29) is 6.03 Å². The quantitative estimate of drug-likeness (QED) is 0.773. The van der Waals surface area contributed by atoms with Crippen molar-refractivity contribution in [2.75, 3.05) is 22.5 Å². The number of fused-ring (bicyclic) bond motifs is 1. The summed E-state index contributed by atoms with van der Waals surface area (Å²) in [6.07, 6.45) is 2.15. The average molecular weight is 302 g/mol. The van der Waals surface area contributed by atoms with Crippen LogP contribution in [0.2, 0.25) is 5.02 Å². The first-order valence-electron chi connectivity index (χ1n) is 6.92. The van der Waals surface area contributed by atoms with Gasteiger partial charge in [0, 0.05) is 17.9 Å². The molecule has 108 valence electrons. The average Bonchev–Trinajstić information content (AvgIpc) is 2.49. The van der Waals surface area contributed by atoms with Crippen molar-refractivity contribution in [2.45, 2.75) is 12.8 Å². The molecule has 1 aliphatic heterocycles. The molecule has 3 N–H and O–H groups in total. The van der Waals surface area contributed by atoms with Crippen molar-refractivity contribution in [3.8, 4) is 0 Å². The SMILES string of the molecule is O=C(Nc1ccc2c(c1)CCCN2)Nc1ccccc1Cl. The summed E-state index contributed by atoms with van der Waals surface area (Å²) in [6.45, 7) is 1.01. The van der Waals surface area contributed by atoms with E-state index < -0.39 is 0 Å². The summed E-state index contributed by atoms with van der Waals surface area (Å²) in [5, 5.41) is 9.43. The molecule has 2 amide bonds. The number of para-hydroxylation sites is 1. The Morgan fingerprint density at radius 1 is 1.14 bits per heavy atom. The molecule has 2 aromatic carbocycles. The maximum absolute atomic E-state index is 12.0. The highest BCUT2D eigenvalue weighted by molar-refractivity contribution is 6.33. The third kappa shape index (κ3) is 3.28. The molecule has 4 nitrogen and oxygen atoms in total. The third-order valence-corrected chi connectivity index (χ3v) is 3.75. The maximum Gasteiger partial charge on any atom is 0.323 e. The van der Waals surface area contributed by atoms with Crippen LogP contribution in [-0.2, 0) is 6.42 Å². The molecule has 0 unspecified atom stereocenters. The number of urea groups is 1. The number of amides is 2. The van der Waals surface area contributed by atoms with E-state index in [2.05, 4.69) is 16.0 Å². The number of anilines is 3. The molecule has 0 atom stereocenters. The van der Waals surface area contributed by atoms with Gasteiger partial charge in [-0.15, -0.1) is 0 Å². The minimum atomic E-state index is -0.299. The van der Waals surface area contributed by atoms with Crippen molar-refractivity contribution < 1.29 is 4.79 Å². The summed E-state index contributed by atoms with van der Waals surface area (Å²) in [5.74, 6) is 0. The Bertz CT molecular complexity index is 672. The molecule has 0 bridgehead atoms. The minimum absolute atomic E-state index is 0.299. The number of halogens is 1. The molecular weight excluding hydrogens is 286 g/mol. The Labute approximate surface area is 128 Å². The molecule has 0 saturated carbocycles. The van der Waals surface area contributed by atoms with E-state index in [0.717, 1.165) is 30.8 Å². The molecule has 0 spiro atoms. The zero-order chi connectivity index (χ0) is 14.7. The third-order valence-electron chi connectivity index (χ3n) is 3.42. The lowest BCUT2D eigenvalue weighted by Gasteiger charge is -2.19. The molecule has 0 radical (unpaired) electrons. The standard InChI is InChI=1S/C16H16ClN3O/c17-13-5-1-2-6-15(13)20-16(21)19-12-7-8-14-11(10-12)4-3-9-18-14/h1-2,5-8,10,18H,3-4,9H2,(H2,19,20,21). The summed E-state index contributed by atoms with van der Waals surface area (Å²) in [4.78, 5) is 12.0. The summed E-state index contributed by atoms with van der Waals surface area (Å²) < 4.78 is 0. The molecule has 0 aromatic heterocycles. The van der Waals surface area contributed by atoms with Crippen LogP contribution in [0.1, 0.15) is 12.0 Å². The first kappa shape index (κ1) is 13.8. The maximum atomic E-state index is 12.0. The van der Waals surface area contributed by atoms with E-state index in [4.69, 9.17) is 11.6 Å². The Hall–Kier alpha value is -2.20. The van der Waals surface area contributed by atoms with E-state index in [1.165, 1.54) is 5.56 Å². The fourth-order valence-electron chi connectivity index (χ4n) is 2.40. The van der Waals surface area contributed by atoms with Gasteiger partial charge >= 0.3 is 6.03 Å². The van der Waals surface area contributed by atoms with E-state index in [9.17, 15) is 4.79 Å². The Morgan fingerprint density at radius 2 is 2.00 bits per heavy atom. The van der Waals surface area contributed by atoms with Crippen LogP contribution in [0.4, 0.5) is 21.9 Å². The van der Waals surface area contributed by atoms with Crippen LogP contribution in [0.25, 0.3) is 0 Å². The number of rotatable bonds is 2. The van der Waals surface area contributed by atoms with Crippen molar-refractivity contribution >= 4 is 34.7 Å².